The van der Waals surface area contributed by atoms with Crippen LogP contribution in [0.4, 0.5) is 0 Å². The summed E-state index contributed by atoms with van der Waals surface area (Å²) in [7, 11) is 0. The molecule has 2 aliphatic heterocycles. The molecule has 1 unspecified atom stereocenters. The molecule has 3 atom stereocenters. The standard InChI is InChI=1S/C38H52N4O4/c1-29-14-16-31(17-15-29)28-40-21-24-42(30(2)27-40)37(33-10-8-12-35(43)26-33)32-9-7-11-34(25-32)38(46)41-22-19-39(20-23-41)18-6-4-3-5-13-36(44)45/h7-12,14,16-17,25-26,29-30,37,43H,3-6,13,15,18-24,27-28H2,1-2H3,(H,44,45)/t29?,30-,37+/m0/s1. The molecule has 0 radical (unpaired) electrons. The van der Waals surface area contributed by atoms with E-state index in [0.717, 1.165) is 89.0 Å². The molecular formula is C38H52N4O4. The summed E-state index contributed by atoms with van der Waals surface area (Å²) in [6.45, 7) is 12.5. The number of carbonyl (C=O) groups excluding carboxylic acids is 1. The van der Waals surface area contributed by atoms with Gasteiger partial charge in [0.15, 0.2) is 0 Å². The molecule has 2 saturated heterocycles. The summed E-state index contributed by atoms with van der Waals surface area (Å²) in [5.74, 6) is 0.230. The van der Waals surface area contributed by atoms with Crippen LogP contribution < -0.4 is 0 Å². The predicted molar refractivity (Wildman–Crippen MR) is 183 cm³/mol. The molecule has 2 aromatic rings. The van der Waals surface area contributed by atoms with E-state index in [4.69, 9.17) is 5.11 Å². The zero-order chi connectivity index (χ0) is 32.5. The number of nitrogens with zero attached hydrogens (tertiary/aromatic N) is 4. The lowest BCUT2D eigenvalue weighted by molar-refractivity contribution is -0.137. The Morgan fingerprint density at radius 1 is 0.870 bits per heavy atom. The second kappa shape index (κ2) is 16.4. The Morgan fingerprint density at radius 3 is 2.28 bits per heavy atom. The van der Waals surface area contributed by atoms with Crippen molar-refractivity contribution in [2.24, 2.45) is 5.92 Å². The van der Waals surface area contributed by atoms with Gasteiger partial charge in [-0.3, -0.25) is 24.3 Å². The van der Waals surface area contributed by atoms with E-state index in [1.807, 2.05) is 29.2 Å². The minimum Gasteiger partial charge on any atom is -0.508 e. The number of benzene rings is 2. The number of allylic oxidation sites excluding steroid dienone is 2. The minimum atomic E-state index is -0.718. The van der Waals surface area contributed by atoms with Crippen LogP contribution in [0.3, 0.4) is 0 Å². The van der Waals surface area contributed by atoms with Crippen molar-refractivity contribution in [1.29, 1.82) is 0 Å². The van der Waals surface area contributed by atoms with Crippen molar-refractivity contribution in [2.75, 3.05) is 58.9 Å². The van der Waals surface area contributed by atoms with Crippen molar-refractivity contribution < 1.29 is 19.8 Å². The van der Waals surface area contributed by atoms with Gasteiger partial charge >= 0.3 is 5.97 Å². The van der Waals surface area contributed by atoms with Gasteiger partial charge in [-0.2, -0.15) is 0 Å². The first-order chi connectivity index (χ1) is 22.3. The maximum Gasteiger partial charge on any atom is 0.303 e. The zero-order valence-electron chi connectivity index (χ0n) is 27.7. The number of piperazine rings is 2. The maximum atomic E-state index is 13.7. The average Bonchev–Trinajstić information content (AvgIpc) is 3.05. The van der Waals surface area contributed by atoms with Crippen molar-refractivity contribution in [1.82, 2.24) is 19.6 Å². The fourth-order valence-corrected chi connectivity index (χ4v) is 7.16. The first kappa shape index (κ1) is 33.9. The average molecular weight is 629 g/mol. The van der Waals surface area contributed by atoms with Crippen LogP contribution in [-0.4, -0.2) is 107 Å². The maximum absolute atomic E-state index is 13.7. The fourth-order valence-electron chi connectivity index (χ4n) is 7.16. The van der Waals surface area contributed by atoms with Gasteiger partial charge in [-0.05, 0) is 79.6 Å². The lowest BCUT2D eigenvalue weighted by atomic mass is 9.93. The SMILES string of the molecule is CC1C=CC(CN2CCN([C@@H](c3cccc(O)c3)c3cccc(C(=O)N4CCN(CCCCCCC(=O)O)CC4)c3)[C@@H](C)C2)=CC1. The molecule has 3 aliphatic rings. The number of carboxylic acid groups (broad SMARTS) is 1. The van der Waals surface area contributed by atoms with Crippen molar-refractivity contribution in [2.45, 2.75) is 64.5 Å². The molecule has 0 spiro atoms. The lowest BCUT2D eigenvalue weighted by Gasteiger charge is -2.44. The quantitative estimate of drug-likeness (QED) is 0.271. The molecule has 2 heterocycles. The van der Waals surface area contributed by atoms with Crippen LogP contribution in [0.5, 0.6) is 5.75 Å². The van der Waals surface area contributed by atoms with Crippen LogP contribution in [0, 0.1) is 5.92 Å². The minimum absolute atomic E-state index is 0.0704. The molecule has 1 aliphatic carbocycles. The molecule has 5 rings (SSSR count). The van der Waals surface area contributed by atoms with Crippen molar-refractivity contribution in [3.8, 4) is 5.75 Å². The molecule has 2 aromatic carbocycles. The van der Waals surface area contributed by atoms with Gasteiger partial charge in [0.25, 0.3) is 5.91 Å². The third-order valence-corrected chi connectivity index (χ3v) is 9.80. The molecule has 46 heavy (non-hydrogen) atoms. The second-order valence-electron chi connectivity index (χ2n) is 13.5. The van der Waals surface area contributed by atoms with E-state index in [1.54, 1.807) is 6.07 Å². The van der Waals surface area contributed by atoms with Crippen LogP contribution in [0.2, 0.25) is 0 Å². The number of rotatable bonds is 13. The number of aliphatic carboxylic acids is 1. The molecule has 1 amide bonds. The first-order valence-corrected chi connectivity index (χ1v) is 17.2. The predicted octanol–water partition coefficient (Wildman–Crippen LogP) is 5.80. The van der Waals surface area contributed by atoms with Gasteiger partial charge in [-0.25, -0.2) is 0 Å². The summed E-state index contributed by atoms with van der Waals surface area (Å²) in [6.07, 6.45) is 12.2. The van der Waals surface area contributed by atoms with Gasteiger partial charge in [-0.15, -0.1) is 0 Å². The van der Waals surface area contributed by atoms with Gasteiger partial charge in [0, 0.05) is 70.4 Å². The monoisotopic (exact) mass is 628 g/mol. The van der Waals surface area contributed by atoms with Gasteiger partial charge in [-0.1, -0.05) is 62.3 Å². The molecule has 2 fully saturated rings. The van der Waals surface area contributed by atoms with E-state index in [1.165, 1.54) is 5.57 Å². The Morgan fingerprint density at radius 2 is 1.59 bits per heavy atom. The topological polar surface area (TPSA) is 87.6 Å². The number of phenols is 1. The molecule has 248 valence electrons. The Balaban J connectivity index is 1.22. The Labute approximate surface area is 275 Å². The number of phenolic OH excluding ortho intramolecular Hbond substituents is 1. The highest BCUT2D eigenvalue weighted by molar-refractivity contribution is 5.94. The summed E-state index contributed by atoms with van der Waals surface area (Å²) in [6, 6.07) is 15.9. The van der Waals surface area contributed by atoms with E-state index in [0.29, 0.717) is 24.6 Å². The lowest BCUT2D eigenvalue weighted by Crippen LogP contribution is -2.53. The van der Waals surface area contributed by atoms with Gasteiger partial charge in [0.2, 0.25) is 0 Å². The number of hydrogen-bond donors (Lipinski definition) is 2. The van der Waals surface area contributed by atoms with Crippen LogP contribution >= 0.6 is 0 Å². The van der Waals surface area contributed by atoms with E-state index in [2.05, 4.69) is 65.0 Å². The number of amides is 1. The highest BCUT2D eigenvalue weighted by Crippen LogP contribution is 2.34. The third-order valence-electron chi connectivity index (χ3n) is 9.80. The van der Waals surface area contributed by atoms with Gasteiger partial charge < -0.3 is 15.1 Å². The smallest absolute Gasteiger partial charge is 0.303 e. The number of unbranched alkanes of at least 4 members (excludes halogenated alkanes) is 3. The van der Waals surface area contributed by atoms with Crippen LogP contribution in [0.1, 0.15) is 79.9 Å². The normalized spacial score (nSPS) is 22.0. The number of carbonyl (C=O) groups is 2. The molecule has 8 nitrogen and oxygen atoms in total. The third kappa shape index (κ3) is 9.30. The number of hydrogen-bond acceptors (Lipinski definition) is 6. The molecular weight excluding hydrogens is 576 g/mol. The van der Waals surface area contributed by atoms with E-state index in [9.17, 15) is 14.7 Å². The largest absolute Gasteiger partial charge is 0.508 e. The van der Waals surface area contributed by atoms with Crippen molar-refractivity contribution in [3.05, 3.63) is 89.0 Å². The summed E-state index contributed by atoms with van der Waals surface area (Å²) in [5, 5.41) is 19.2. The van der Waals surface area contributed by atoms with Crippen LogP contribution in [0.15, 0.2) is 72.3 Å². The Bertz CT molecular complexity index is 1380. The van der Waals surface area contributed by atoms with Gasteiger partial charge in [0.05, 0.1) is 6.04 Å². The number of carboxylic acids is 1. The first-order valence-electron chi connectivity index (χ1n) is 17.2. The summed E-state index contributed by atoms with van der Waals surface area (Å²) < 4.78 is 0. The van der Waals surface area contributed by atoms with Crippen LogP contribution in [-0.2, 0) is 4.79 Å². The van der Waals surface area contributed by atoms with Crippen molar-refractivity contribution in [3.63, 3.8) is 0 Å². The fraction of sp³-hybridized carbons (Fsp3) is 0.526. The van der Waals surface area contributed by atoms with E-state index in [-0.39, 0.29) is 30.2 Å². The second-order valence-corrected chi connectivity index (χ2v) is 13.5. The summed E-state index contributed by atoms with van der Waals surface area (Å²) >= 11 is 0. The number of aromatic hydroxyl groups is 1. The molecule has 8 heteroatoms. The Hall–Kier alpha value is -3.46. The van der Waals surface area contributed by atoms with Crippen molar-refractivity contribution >= 4 is 11.9 Å². The highest BCUT2D eigenvalue weighted by Gasteiger charge is 2.32. The molecule has 0 aromatic heterocycles. The van der Waals surface area contributed by atoms with Crippen LogP contribution in [0.25, 0.3) is 0 Å². The molecule has 0 bridgehead atoms. The molecule has 0 saturated carbocycles. The highest BCUT2D eigenvalue weighted by atomic mass is 16.4. The van der Waals surface area contributed by atoms with E-state index < -0.39 is 5.97 Å². The Kier molecular flexibility index (Phi) is 12.1. The summed E-state index contributed by atoms with van der Waals surface area (Å²) in [5.41, 5.74) is 4.23. The van der Waals surface area contributed by atoms with E-state index >= 15 is 0 Å². The zero-order valence-corrected chi connectivity index (χ0v) is 27.7. The van der Waals surface area contributed by atoms with Gasteiger partial charge in [0.1, 0.15) is 5.75 Å². The molecule has 2 N–H and O–H groups in total. The summed E-state index contributed by atoms with van der Waals surface area (Å²) in [4.78, 5) is 33.9.